The summed E-state index contributed by atoms with van der Waals surface area (Å²) < 4.78 is 5.28. The van der Waals surface area contributed by atoms with E-state index in [9.17, 15) is 9.59 Å². The van der Waals surface area contributed by atoms with E-state index in [2.05, 4.69) is 10.3 Å². The molecule has 0 aliphatic rings. The average molecular weight is 397 g/mol. The number of carbonyl (C=O) groups excluding carboxylic acids is 1. The number of carbonyl (C=O) groups is 2. The zero-order valence-corrected chi connectivity index (χ0v) is 15.7. The fourth-order valence-corrected chi connectivity index (χ4v) is 2.92. The Labute approximate surface area is 166 Å². The number of para-hydroxylation sites is 1. The van der Waals surface area contributed by atoms with Gasteiger partial charge in [0.05, 0.1) is 7.11 Å². The van der Waals surface area contributed by atoms with Gasteiger partial charge >= 0.3 is 5.97 Å². The molecule has 2 N–H and O–H groups in total. The first-order chi connectivity index (χ1) is 13.5. The van der Waals surface area contributed by atoms with Crippen molar-refractivity contribution in [2.75, 3.05) is 7.11 Å². The largest absolute Gasteiger partial charge is 0.496 e. The number of carboxylic acids is 1. The van der Waals surface area contributed by atoms with Gasteiger partial charge < -0.3 is 15.2 Å². The maximum atomic E-state index is 12.6. The summed E-state index contributed by atoms with van der Waals surface area (Å²) in [5.41, 5.74) is 2.44. The first-order valence-corrected chi connectivity index (χ1v) is 8.76. The van der Waals surface area contributed by atoms with Gasteiger partial charge in [-0.1, -0.05) is 35.9 Å². The third-order valence-corrected chi connectivity index (χ3v) is 4.48. The Morgan fingerprint density at radius 1 is 1.14 bits per heavy atom. The van der Waals surface area contributed by atoms with Crippen molar-refractivity contribution < 1.29 is 19.4 Å². The topological polar surface area (TPSA) is 88.5 Å². The van der Waals surface area contributed by atoms with Gasteiger partial charge in [0, 0.05) is 40.0 Å². The summed E-state index contributed by atoms with van der Waals surface area (Å²) in [5.74, 6) is -0.676. The highest BCUT2D eigenvalue weighted by atomic mass is 35.5. The average Bonchev–Trinajstić information content (AvgIpc) is 2.72. The lowest BCUT2D eigenvalue weighted by Crippen LogP contribution is -2.23. The second-order valence-electron chi connectivity index (χ2n) is 5.93. The number of amides is 1. The molecule has 142 valence electrons. The van der Waals surface area contributed by atoms with Crippen molar-refractivity contribution in [1.82, 2.24) is 10.3 Å². The van der Waals surface area contributed by atoms with E-state index in [1.165, 1.54) is 12.3 Å². The van der Waals surface area contributed by atoms with Crippen molar-refractivity contribution >= 4 is 23.5 Å². The minimum Gasteiger partial charge on any atom is -0.496 e. The van der Waals surface area contributed by atoms with E-state index in [0.717, 1.165) is 5.56 Å². The van der Waals surface area contributed by atoms with Gasteiger partial charge in [-0.25, -0.2) is 9.78 Å². The van der Waals surface area contributed by atoms with Gasteiger partial charge in [-0.3, -0.25) is 4.79 Å². The standard InChI is InChI=1S/C21H17ClN2O4/c1-28-19-5-3-2-4-15(19)12-24-20(25)13-6-8-17(22)16(10-13)14-7-9-18(21(26)27)23-11-14/h2-11H,12H2,1H3,(H,24,25)(H,26,27). The van der Waals surface area contributed by atoms with E-state index in [4.69, 9.17) is 21.4 Å². The molecule has 0 saturated heterocycles. The Bertz CT molecular complexity index is 1020. The van der Waals surface area contributed by atoms with Crippen LogP contribution in [0.3, 0.4) is 0 Å². The van der Waals surface area contributed by atoms with Crippen LogP contribution in [-0.2, 0) is 6.54 Å². The predicted molar refractivity (Wildman–Crippen MR) is 106 cm³/mol. The monoisotopic (exact) mass is 396 g/mol. The summed E-state index contributed by atoms with van der Waals surface area (Å²) >= 11 is 6.26. The van der Waals surface area contributed by atoms with Gasteiger partial charge in [-0.2, -0.15) is 0 Å². The predicted octanol–water partition coefficient (Wildman–Crippen LogP) is 4.04. The number of benzene rings is 2. The number of rotatable bonds is 6. The molecule has 3 aromatic rings. The third-order valence-electron chi connectivity index (χ3n) is 4.15. The zero-order chi connectivity index (χ0) is 20.1. The van der Waals surface area contributed by atoms with Crippen LogP contribution in [0.25, 0.3) is 11.1 Å². The van der Waals surface area contributed by atoms with Crippen molar-refractivity contribution in [2.45, 2.75) is 6.54 Å². The Kier molecular flexibility index (Phi) is 5.91. The van der Waals surface area contributed by atoms with Gasteiger partial charge in [-0.05, 0) is 30.3 Å². The molecule has 0 bridgehead atoms. The first kappa shape index (κ1) is 19.4. The highest BCUT2D eigenvalue weighted by Gasteiger charge is 2.12. The van der Waals surface area contributed by atoms with E-state index in [-0.39, 0.29) is 11.6 Å². The number of hydrogen-bond acceptors (Lipinski definition) is 4. The lowest BCUT2D eigenvalue weighted by molar-refractivity contribution is 0.0690. The number of carboxylic acid groups (broad SMARTS) is 1. The zero-order valence-electron chi connectivity index (χ0n) is 15.0. The number of hydrogen-bond donors (Lipinski definition) is 2. The number of halogens is 1. The molecule has 0 spiro atoms. The van der Waals surface area contributed by atoms with Gasteiger partial charge in [0.25, 0.3) is 5.91 Å². The number of aromatic carboxylic acids is 1. The van der Waals surface area contributed by atoms with Crippen LogP contribution in [0.4, 0.5) is 0 Å². The van der Waals surface area contributed by atoms with Gasteiger partial charge in [0.2, 0.25) is 0 Å². The summed E-state index contributed by atoms with van der Waals surface area (Å²) in [4.78, 5) is 27.4. The van der Waals surface area contributed by atoms with Crippen molar-refractivity contribution in [1.29, 1.82) is 0 Å². The number of ether oxygens (including phenoxy) is 1. The molecule has 1 heterocycles. The number of pyridine rings is 1. The summed E-state index contributed by atoms with van der Waals surface area (Å²) in [7, 11) is 1.58. The molecule has 1 amide bonds. The maximum absolute atomic E-state index is 12.6. The molecule has 0 saturated carbocycles. The van der Waals surface area contributed by atoms with Crippen LogP contribution >= 0.6 is 11.6 Å². The molecule has 2 aromatic carbocycles. The molecule has 7 heteroatoms. The molecular weight excluding hydrogens is 380 g/mol. The minimum absolute atomic E-state index is 0.0643. The van der Waals surface area contributed by atoms with Crippen molar-refractivity contribution in [2.24, 2.45) is 0 Å². The van der Waals surface area contributed by atoms with E-state index in [1.54, 1.807) is 31.4 Å². The lowest BCUT2D eigenvalue weighted by atomic mass is 10.0. The summed E-state index contributed by atoms with van der Waals surface area (Å²) in [5, 5.41) is 12.3. The minimum atomic E-state index is -1.11. The van der Waals surface area contributed by atoms with Gasteiger partial charge in [-0.15, -0.1) is 0 Å². The summed E-state index contributed by atoms with van der Waals surface area (Å²) in [6.45, 7) is 0.315. The Balaban J connectivity index is 1.80. The van der Waals surface area contributed by atoms with Crippen LogP contribution in [-0.4, -0.2) is 29.1 Å². The van der Waals surface area contributed by atoms with Crippen LogP contribution in [0.1, 0.15) is 26.4 Å². The van der Waals surface area contributed by atoms with Crippen LogP contribution < -0.4 is 10.1 Å². The molecule has 0 aliphatic heterocycles. The molecule has 0 radical (unpaired) electrons. The smallest absolute Gasteiger partial charge is 0.354 e. The SMILES string of the molecule is COc1ccccc1CNC(=O)c1ccc(Cl)c(-c2ccc(C(=O)O)nc2)c1. The molecule has 6 nitrogen and oxygen atoms in total. The highest BCUT2D eigenvalue weighted by molar-refractivity contribution is 6.33. The van der Waals surface area contributed by atoms with E-state index in [1.807, 2.05) is 24.3 Å². The number of nitrogens with zero attached hydrogens (tertiary/aromatic N) is 1. The molecule has 28 heavy (non-hydrogen) atoms. The molecule has 1 aromatic heterocycles. The summed E-state index contributed by atoms with van der Waals surface area (Å²) in [6, 6.07) is 15.3. The Morgan fingerprint density at radius 2 is 1.93 bits per heavy atom. The second kappa shape index (κ2) is 8.54. The van der Waals surface area contributed by atoms with Crippen molar-refractivity contribution in [3.8, 4) is 16.9 Å². The number of methoxy groups -OCH3 is 1. The third kappa shape index (κ3) is 4.29. The highest BCUT2D eigenvalue weighted by Crippen LogP contribution is 2.28. The molecule has 0 fully saturated rings. The molecule has 0 atom stereocenters. The Hall–Kier alpha value is -3.38. The number of nitrogens with one attached hydrogen (secondary N) is 1. The van der Waals surface area contributed by atoms with Crippen LogP contribution in [0.5, 0.6) is 5.75 Å². The molecular formula is C21H17ClN2O4. The van der Waals surface area contributed by atoms with Gasteiger partial charge in [0.1, 0.15) is 11.4 Å². The quantitative estimate of drug-likeness (QED) is 0.656. The van der Waals surface area contributed by atoms with E-state index in [0.29, 0.717) is 34.0 Å². The molecule has 3 rings (SSSR count). The molecule has 0 aliphatic carbocycles. The lowest BCUT2D eigenvalue weighted by Gasteiger charge is -2.11. The fraction of sp³-hybridized carbons (Fsp3) is 0.0952. The fourth-order valence-electron chi connectivity index (χ4n) is 2.69. The van der Waals surface area contributed by atoms with Crippen molar-refractivity contribution in [3.63, 3.8) is 0 Å². The van der Waals surface area contributed by atoms with Crippen molar-refractivity contribution in [3.05, 3.63) is 82.6 Å². The first-order valence-electron chi connectivity index (χ1n) is 8.39. The molecule has 0 unspecified atom stereocenters. The van der Waals surface area contributed by atoms with Crippen LogP contribution in [0.15, 0.2) is 60.8 Å². The maximum Gasteiger partial charge on any atom is 0.354 e. The normalized spacial score (nSPS) is 10.4. The van der Waals surface area contributed by atoms with Crippen LogP contribution in [0, 0.1) is 0 Å². The Morgan fingerprint density at radius 3 is 2.61 bits per heavy atom. The second-order valence-corrected chi connectivity index (χ2v) is 6.33. The van der Waals surface area contributed by atoms with Gasteiger partial charge in [0.15, 0.2) is 0 Å². The van der Waals surface area contributed by atoms with E-state index >= 15 is 0 Å². The number of aromatic nitrogens is 1. The van der Waals surface area contributed by atoms with Crippen LogP contribution in [0.2, 0.25) is 5.02 Å². The van der Waals surface area contributed by atoms with E-state index < -0.39 is 5.97 Å². The summed E-state index contributed by atoms with van der Waals surface area (Å²) in [6.07, 6.45) is 1.42.